The molecule has 1 aromatic carbocycles. The van der Waals surface area contributed by atoms with Gasteiger partial charge in [-0.3, -0.25) is 14.9 Å². The van der Waals surface area contributed by atoms with Crippen LogP contribution in [-0.4, -0.2) is 28.6 Å². The molecule has 0 spiro atoms. The monoisotopic (exact) mass is 328 g/mol. The van der Waals surface area contributed by atoms with Gasteiger partial charge in [0.05, 0.1) is 5.92 Å². The largest absolute Gasteiger partial charge is 0.407 e. The average Bonchev–Trinajstić information content (AvgIpc) is 3.14. The van der Waals surface area contributed by atoms with Crippen LogP contribution in [0.15, 0.2) is 34.7 Å². The van der Waals surface area contributed by atoms with Crippen LogP contribution < -0.4 is 10.2 Å². The summed E-state index contributed by atoms with van der Waals surface area (Å²) in [6.45, 7) is 5.88. The summed E-state index contributed by atoms with van der Waals surface area (Å²) in [6, 6.07) is 9.54. The number of carbonyl (C=O) groups is 2. The number of amides is 2. The standard InChI is InChI=1S/C17H20N4O3/c1-17(2,3)15(23)18-16-20-19-14(24-16)11-9-13(22)21(10-11)12-7-5-4-6-8-12/h4-8,11H,9-10H2,1-3H3,(H,18,20,23)/t11-/m0/s1. The molecule has 3 rings (SSSR count). The van der Waals surface area contributed by atoms with Crippen LogP contribution in [-0.2, 0) is 9.59 Å². The molecule has 7 heteroatoms. The molecule has 0 aliphatic carbocycles. The zero-order valence-electron chi connectivity index (χ0n) is 13.9. The van der Waals surface area contributed by atoms with Gasteiger partial charge < -0.3 is 9.32 Å². The highest BCUT2D eigenvalue weighted by atomic mass is 16.4. The maximum Gasteiger partial charge on any atom is 0.322 e. The van der Waals surface area contributed by atoms with Crippen molar-refractivity contribution < 1.29 is 14.0 Å². The van der Waals surface area contributed by atoms with Crippen LogP contribution in [0.5, 0.6) is 0 Å². The van der Waals surface area contributed by atoms with E-state index in [0.717, 1.165) is 5.69 Å². The second-order valence-corrected chi connectivity index (χ2v) is 6.89. The topological polar surface area (TPSA) is 88.3 Å². The van der Waals surface area contributed by atoms with Gasteiger partial charge in [-0.2, -0.15) is 0 Å². The van der Waals surface area contributed by atoms with Crippen molar-refractivity contribution in [3.63, 3.8) is 0 Å². The summed E-state index contributed by atoms with van der Waals surface area (Å²) < 4.78 is 5.53. The van der Waals surface area contributed by atoms with E-state index in [-0.39, 0.29) is 23.7 Å². The fraction of sp³-hybridized carbons (Fsp3) is 0.412. The molecule has 1 aliphatic rings. The Morgan fingerprint density at radius 1 is 1.25 bits per heavy atom. The van der Waals surface area contributed by atoms with Crippen LogP contribution in [0, 0.1) is 5.41 Å². The van der Waals surface area contributed by atoms with Crippen molar-refractivity contribution in [3.05, 3.63) is 36.2 Å². The molecule has 7 nitrogen and oxygen atoms in total. The van der Waals surface area contributed by atoms with Gasteiger partial charge >= 0.3 is 6.01 Å². The van der Waals surface area contributed by atoms with Gasteiger partial charge in [0.25, 0.3) is 0 Å². The summed E-state index contributed by atoms with van der Waals surface area (Å²) in [7, 11) is 0. The fourth-order valence-corrected chi connectivity index (χ4v) is 2.47. The van der Waals surface area contributed by atoms with Crippen molar-refractivity contribution in [1.82, 2.24) is 10.2 Å². The first kappa shape index (κ1) is 16.2. The molecule has 2 amide bonds. The van der Waals surface area contributed by atoms with Crippen molar-refractivity contribution in [2.24, 2.45) is 5.41 Å². The van der Waals surface area contributed by atoms with Crippen molar-refractivity contribution in [2.75, 3.05) is 16.8 Å². The highest BCUT2D eigenvalue weighted by molar-refractivity contribution is 5.96. The maximum absolute atomic E-state index is 12.2. The summed E-state index contributed by atoms with van der Waals surface area (Å²) in [5.41, 5.74) is 0.299. The van der Waals surface area contributed by atoms with Gasteiger partial charge in [0.2, 0.25) is 17.7 Å². The van der Waals surface area contributed by atoms with E-state index in [9.17, 15) is 9.59 Å². The van der Waals surface area contributed by atoms with Crippen molar-refractivity contribution in [3.8, 4) is 0 Å². The Morgan fingerprint density at radius 3 is 2.62 bits per heavy atom. The first-order chi connectivity index (χ1) is 11.3. The molecule has 2 aromatic rings. The number of benzene rings is 1. The van der Waals surface area contributed by atoms with E-state index in [1.807, 2.05) is 30.3 Å². The van der Waals surface area contributed by atoms with Crippen molar-refractivity contribution >= 4 is 23.5 Å². The molecule has 1 fully saturated rings. The molecule has 1 saturated heterocycles. The first-order valence-electron chi connectivity index (χ1n) is 7.85. The molecule has 0 unspecified atom stereocenters. The highest BCUT2D eigenvalue weighted by Crippen LogP contribution is 2.31. The highest BCUT2D eigenvalue weighted by Gasteiger charge is 2.35. The molecule has 1 aromatic heterocycles. The number of nitrogens with zero attached hydrogens (tertiary/aromatic N) is 3. The van der Waals surface area contributed by atoms with Crippen LogP contribution >= 0.6 is 0 Å². The zero-order chi connectivity index (χ0) is 17.3. The third-order valence-corrected chi connectivity index (χ3v) is 3.88. The first-order valence-corrected chi connectivity index (χ1v) is 7.85. The Hall–Kier alpha value is -2.70. The van der Waals surface area contributed by atoms with Gasteiger partial charge in [0, 0.05) is 24.1 Å². The maximum atomic E-state index is 12.2. The van der Waals surface area contributed by atoms with Crippen LogP contribution in [0.25, 0.3) is 0 Å². The van der Waals surface area contributed by atoms with Crippen molar-refractivity contribution in [2.45, 2.75) is 33.1 Å². The summed E-state index contributed by atoms with van der Waals surface area (Å²) in [5.74, 6) is 0.00673. The number of nitrogens with one attached hydrogen (secondary N) is 1. The van der Waals surface area contributed by atoms with E-state index in [4.69, 9.17) is 4.42 Å². The molecule has 24 heavy (non-hydrogen) atoms. The predicted molar refractivity (Wildman–Crippen MR) is 88.5 cm³/mol. The third kappa shape index (κ3) is 3.29. The molecule has 0 saturated carbocycles. The Kier molecular flexibility index (Phi) is 4.09. The Balaban J connectivity index is 1.70. The molecular weight excluding hydrogens is 308 g/mol. The zero-order valence-corrected chi connectivity index (χ0v) is 13.9. The second kappa shape index (κ2) is 6.07. The Labute approximate surface area is 140 Å². The minimum Gasteiger partial charge on any atom is -0.407 e. The van der Waals surface area contributed by atoms with Gasteiger partial charge in [-0.25, -0.2) is 0 Å². The number of carbonyl (C=O) groups excluding carboxylic acids is 2. The lowest BCUT2D eigenvalue weighted by molar-refractivity contribution is -0.123. The van der Waals surface area contributed by atoms with Crippen molar-refractivity contribution in [1.29, 1.82) is 0 Å². The SMILES string of the molecule is CC(C)(C)C(=O)Nc1nnc([C@H]2CC(=O)N(c3ccccc3)C2)o1. The van der Waals surface area contributed by atoms with Gasteiger partial charge in [0.15, 0.2) is 0 Å². The minimum atomic E-state index is -0.554. The molecule has 0 radical (unpaired) electrons. The smallest absolute Gasteiger partial charge is 0.322 e. The third-order valence-electron chi connectivity index (χ3n) is 3.88. The number of aromatic nitrogens is 2. The van der Waals surface area contributed by atoms with Gasteiger partial charge in [-0.15, -0.1) is 5.10 Å². The summed E-state index contributed by atoms with van der Waals surface area (Å²) in [5, 5.41) is 10.4. The van der Waals surface area contributed by atoms with Crippen LogP contribution in [0.4, 0.5) is 11.7 Å². The van der Waals surface area contributed by atoms with E-state index >= 15 is 0 Å². The lowest BCUT2D eigenvalue weighted by Crippen LogP contribution is -2.27. The van der Waals surface area contributed by atoms with E-state index in [2.05, 4.69) is 15.5 Å². The molecule has 1 N–H and O–H groups in total. The molecule has 1 aliphatic heterocycles. The van der Waals surface area contributed by atoms with Crippen LogP contribution in [0.1, 0.15) is 39.0 Å². The number of rotatable bonds is 3. The van der Waals surface area contributed by atoms with E-state index < -0.39 is 5.41 Å². The van der Waals surface area contributed by atoms with E-state index in [0.29, 0.717) is 18.9 Å². The predicted octanol–water partition coefficient (Wildman–Crippen LogP) is 2.57. The number of hydrogen-bond donors (Lipinski definition) is 1. The molecule has 0 bridgehead atoms. The minimum absolute atomic E-state index is 0.0182. The molecular formula is C17H20N4O3. The fourth-order valence-electron chi connectivity index (χ4n) is 2.47. The summed E-state index contributed by atoms with van der Waals surface area (Å²) in [4.78, 5) is 25.9. The van der Waals surface area contributed by atoms with Gasteiger partial charge in [0.1, 0.15) is 0 Å². The molecule has 2 heterocycles. The number of para-hydroxylation sites is 1. The van der Waals surface area contributed by atoms with Crippen LogP contribution in [0.2, 0.25) is 0 Å². The molecule has 126 valence electrons. The molecule has 1 atom stereocenters. The Morgan fingerprint density at radius 2 is 1.96 bits per heavy atom. The number of hydrogen-bond acceptors (Lipinski definition) is 5. The lowest BCUT2D eigenvalue weighted by atomic mass is 9.96. The average molecular weight is 328 g/mol. The number of anilines is 2. The van der Waals surface area contributed by atoms with Gasteiger partial charge in [-0.1, -0.05) is 44.1 Å². The Bertz CT molecular complexity index is 749. The van der Waals surface area contributed by atoms with Gasteiger partial charge in [-0.05, 0) is 12.1 Å². The summed E-state index contributed by atoms with van der Waals surface area (Å²) in [6.07, 6.45) is 0.309. The summed E-state index contributed by atoms with van der Waals surface area (Å²) >= 11 is 0. The normalized spacial score (nSPS) is 18.0. The van der Waals surface area contributed by atoms with E-state index in [1.165, 1.54) is 0 Å². The lowest BCUT2D eigenvalue weighted by Gasteiger charge is -2.16. The van der Waals surface area contributed by atoms with Crippen LogP contribution in [0.3, 0.4) is 0 Å². The quantitative estimate of drug-likeness (QED) is 0.935. The van der Waals surface area contributed by atoms with E-state index in [1.54, 1.807) is 25.7 Å². The second-order valence-electron chi connectivity index (χ2n) is 6.89.